The Kier molecular flexibility index (Phi) is 6.06. The summed E-state index contributed by atoms with van der Waals surface area (Å²) in [6.07, 6.45) is -0.285. The summed E-state index contributed by atoms with van der Waals surface area (Å²) in [5.41, 5.74) is 1.43. The van der Waals surface area contributed by atoms with Crippen LogP contribution >= 0.6 is 0 Å². The Bertz CT molecular complexity index is 824. The largest absolute Gasteiger partial charge is 0.470 e. The molecule has 1 aromatic rings. The quantitative estimate of drug-likeness (QED) is 0.748. The highest BCUT2D eigenvalue weighted by Gasteiger charge is 2.44. The second-order valence-corrected chi connectivity index (χ2v) is 9.34. The van der Waals surface area contributed by atoms with Crippen molar-refractivity contribution in [3.8, 4) is 5.88 Å². The summed E-state index contributed by atoms with van der Waals surface area (Å²) in [4.78, 5) is 44.6. The molecule has 0 saturated carbocycles. The lowest BCUT2D eigenvalue weighted by Gasteiger charge is -2.26. The molecule has 2 fully saturated rings. The maximum Gasteiger partial charge on any atom is 0.410 e. The van der Waals surface area contributed by atoms with Crippen molar-refractivity contribution in [1.29, 1.82) is 0 Å². The Morgan fingerprint density at radius 1 is 1.07 bits per heavy atom. The average molecular weight is 418 g/mol. The molecule has 164 valence electrons. The third kappa shape index (κ3) is 4.91. The predicted octanol–water partition coefficient (Wildman–Crippen LogP) is 2.61. The maximum absolute atomic E-state index is 13.2. The second kappa shape index (κ2) is 8.24. The normalized spacial score (nSPS) is 20.9. The molecule has 2 atom stereocenters. The van der Waals surface area contributed by atoms with Crippen molar-refractivity contribution in [2.75, 3.05) is 32.8 Å². The van der Waals surface area contributed by atoms with E-state index in [0.29, 0.717) is 43.3 Å². The van der Waals surface area contributed by atoms with Crippen LogP contribution in [0.1, 0.15) is 49.3 Å². The molecule has 2 aliphatic heterocycles. The summed E-state index contributed by atoms with van der Waals surface area (Å²) in [5.74, 6) is 0.731. The smallest absolute Gasteiger partial charge is 0.410 e. The molecule has 3 rings (SSSR count). The van der Waals surface area contributed by atoms with Crippen LogP contribution in [0.3, 0.4) is 0 Å². The molecule has 2 saturated heterocycles. The van der Waals surface area contributed by atoms with Gasteiger partial charge in [-0.15, -0.1) is 0 Å². The first-order valence-electron chi connectivity index (χ1n) is 10.3. The van der Waals surface area contributed by atoms with Crippen LogP contribution in [0.2, 0.25) is 0 Å². The summed E-state index contributed by atoms with van der Waals surface area (Å²) in [7, 11) is 0. The van der Waals surface area contributed by atoms with Gasteiger partial charge in [0.25, 0.3) is 5.91 Å². The molecule has 0 N–H and O–H groups in total. The van der Waals surface area contributed by atoms with E-state index in [1.54, 1.807) is 17.9 Å². The zero-order chi connectivity index (χ0) is 22.2. The Balaban J connectivity index is 1.64. The minimum absolute atomic E-state index is 0.0389. The number of hydrogen-bond donors (Lipinski definition) is 0. The predicted molar refractivity (Wildman–Crippen MR) is 111 cm³/mol. The van der Waals surface area contributed by atoms with Crippen LogP contribution in [-0.2, 0) is 9.53 Å². The molecule has 0 aromatic carbocycles. The number of aryl methyl sites for hydroxylation is 2. The standard InChI is InChI=1S/C22H31N3O5/c1-13-7-18(29-12-14(2)26)23-15(3)19(13)20(27)24-8-16-10-25(11-17(16)9-24)21(28)30-22(4,5)6/h7,16-17H,8-12H2,1-6H3. The fraction of sp³-hybridized carbons (Fsp3) is 0.636. The number of fused-ring (bicyclic) bond motifs is 1. The highest BCUT2D eigenvalue weighted by molar-refractivity contribution is 5.97. The van der Waals surface area contributed by atoms with Gasteiger partial charge in [0.1, 0.15) is 12.2 Å². The second-order valence-electron chi connectivity index (χ2n) is 9.34. The lowest BCUT2D eigenvalue weighted by Crippen LogP contribution is -2.38. The number of pyridine rings is 1. The number of likely N-dealkylation sites (tertiary alicyclic amines) is 2. The molecule has 0 aliphatic carbocycles. The van der Waals surface area contributed by atoms with Gasteiger partial charge in [0, 0.05) is 44.1 Å². The SMILES string of the molecule is CC(=O)COc1cc(C)c(C(=O)N2CC3CN(C(=O)OC(C)(C)C)CC3C2)c(C)n1. The maximum atomic E-state index is 13.2. The number of hydrogen-bond acceptors (Lipinski definition) is 6. The number of amides is 2. The molecule has 0 spiro atoms. The van der Waals surface area contributed by atoms with Crippen molar-refractivity contribution < 1.29 is 23.9 Å². The van der Waals surface area contributed by atoms with Crippen LogP contribution in [-0.4, -0.2) is 71.0 Å². The molecule has 2 unspecified atom stereocenters. The van der Waals surface area contributed by atoms with Gasteiger partial charge in [-0.1, -0.05) is 0 Å². The van der Waals surface area contributed by atoms with Gasteiger partial charge in [-0.05, 0) is 47.1 Å². The Morgan fingerprint density at radius 3 is 2.13 bits per heavy atom. The van der Waals surface area contributed by atoms with Crippen molar-refractivity contribution in [2.45, 2.75) is 47.1 Å². The third-order valence-corrected chi connectivity index (χ3v) is 5.44. The van der Waals surface area contributed by atoms with Gasteiger partial charge in [0.2, 0.25) is 5.88 Å². The van der Waals surface area contributed by atoms with Crippen molar-refractivity contribution in [3.63, 3.8) is 0 Å². The number of nitrogens with zero attached hydrogens (tertiary/aromatic N) is 3. The summed E-state index contributed by atoms with van der Waals surface area (Å²) in [6.45, 7) is 13.1. The number of ketones is 1. The van der Waals surface area contributed by atoms with Gasteiger partial charge in [0.15, 0.2) is 5.78 Å². The Morgan fingerprint density at radius 2 is 1.63 bits per heavy atom. The molecule has 0 radical (unpaired) electrons. The van der Waals surface area contributed by atoms with Gasteiger partial charge in [-0.3, -0.25) is 9.59 Å². The van der Waals surface area contributed by atoms with E-state index in [4.69, 9.17) is 9.47 Å². The first-order valence-corrected chi connectivity index (χ1v) is 10.3. The zero-order valence-electron chi connectivity index (χ0n) is 18.7. The summed E-state index contributed by atoms with van der Waals surface area (Å²) < 4.78 is 10.9. The first kappa shape index (κ1) is 22.1. The number of carbonyl (C=O) groups is 3. The van der Waals surface area contributed by atoms with Crippen LogP contribution in [0, 0.1) is 25.7 Å². The van der Waals surface area contributed by atoms with Crippen LogP contribution in [0.15, 0.2) is 6.07 Å². The van der Waals surface area contributed by atoms with Gasteiger partial charge < -0.3 is 19.3 Å². The van der Waals surface area contributed by atoms with Gasteiger partial charge >= 0.3 is 6.09 Å². The van der Waals surface area contributed by atoms with E-state index in [9.17, 15) is 14.4 Å². The van der Waals surface area contributed by atoms with E-state index < -0.39 is 5.60 Å². The summed E-state index contributed by atoms with van der Waals surface area (Å²) in [6, 6.07) is 1.70. The minimum Gasteiger partial charge on any atom is -0.470 e. The van der Waals surface area contributed by atoms with Crippen LogP contribution in [0.25, 0.3) is 0 Å². The molecule has 2 aliphatic rings. The number of aromatic nitrogens is 1. The van der Waals surface area contributed by atoms with Gasteiger partial charge in [-0.25, -0.2) is 9.78 Å². The van der Waals surface area contributed by atoms with Crippen molar-refractivity contribution in [3.05, 3.63) is 22.9 Å². The number of ether oxygens (including phenoxy) is 2. The Labute approximate surface area is 177 Å². The number of rotatable bonds is 4. The fourth-order valence-electron chi connectivity index (χ4n) is 4.16. The van der Waals surface area contributed by atoms with Crippen molar-refractivity contribution in [2.24, 2.45) is 11.8 Å². The minimum atomic E-state index is -0.515. The van der Waals surface area contributed by atoms with Gasteiger partial charge in [-0.2, -0.15) is 0 Å². The van der Waals surface area contributed by atoms with E-state index in [1.165, 1.54) is 6.92 Å². The summed E-state index contributed by atoms with van der Waals surface area (Å²) in [5, 5.41) is 0. The molecule has 1 aromatic heterocycles. The average Bonchev–Trinajstić information content (AvgIpc) is 3.16. The molecule has 8 heteroatoms. The topological polar surface area (TPSA) is 89.0 Å². The number of Topliss-reactive ketones (excluding diaryl/α,β-unsaturated/α-hetero) is 1. The van der Waals surface area contributed by atoms with Crippen LogP contribution in [0.5, 0.6) is 5.88 Å². The van der Waals surface area contributed by atoms with Crippen LogP contribution < -0.4 is 4.74 Å². The van der Waals surface area contributed by atoms with E-state index in [2.05, 4.69) is 4.98 Å². The molecule has 30 heavy (non-hydrogen) atoms. The third-order valence-electron chi connectivity index (χ3n) is 5.44. The fourth-order valence-corrected chi connectivity index (χ4v) is 4.16. The van der Waals surface area contributed by atoms with Crippen molar-refractivity contribution >= 4 is 17.8 Å². The molecule has 8 nitrogen and oxygen atoms in total. The lowest BCUT2D eigenvalue weighted by molar-refractivity contribution is -0.119. The monoisotopic (exact) mass is 417 g/mol. The molecular weight excluding hydrogens is 386 g/mol. The van der Waals surface area contributed by atoms with E-state index in [-0.39, 0.29) is 36.2 Å². The van der Waals surface area contributed by atoms with E-state index in [0.717, 1.165) is 5.56 Å². The number of carbonyl (C=O) groups excluding carboxylic acids is 3. The molecule has 0 bridgehead atoms. The van der Waals surface area contributed by atoms with E-state index in [1.807, 2.05) is 32.6 Å². The molecule has 3 heterocycles. The van der Waals surface area contributed by atoms with Crippen LogP contribution in [0.4, 0.5) is 4.79 Å². The highest BCUT2D eigenvalue weighted by Crippen LogP contribution is 2.33. The first-order chi connectivity index (χ1) is 13.9. The van der Waals surface area contributed by atoms with E-state index >= 15 is 0 Å². The molecule has 2 amide bonds. The zero-order valence-corrected chi connectivity index (χ0v) is 18.7. The van der Waals surface area contributed by atoms with Gasteiger partial charge in [0.05, 0.1) is 11.3 Å². The van der Waals surface area contributed by atoms with Crippen molar-refractivity contribution in [1.82, 2.24) is 14.8 Å². The highest BCUT2D eigenvalue weighted by atomic mass is 16.6. The molecular formula is C22H31N3O5. The Hall–Kier alpha value is -2.64. The lowest BCUT2D eigenvalue weighted by atomic mass is 10.0. The summed E-state index contributed by atoms with van der Waals surface area (Å²) >= 11 is 0.